The predicted octanol–water partition coefficient (Wildman–Crippen LogP) is 3.41. The van der Waals surface area contributed by atoms with Gasteiger partial charge in [0.2, 0.25) is 5.91 Å². The van der Waals surface area contributed by atoms with Gasteiger partial charge in [-0.25, -0.2) is 4.98 Å². The van der Waals surface area contributed by atoms with Crippen molar-refractivity contribution in [3.63, 3.8) is 0 Å². The molecule has 1 unspecified atom stereocenters. The maximum absolute atomic E-state index is 12.1. The van der Waals surface area contributed by atoms with E-state index in [9.17, 15) is 4.79 Å². The van der Waals surface area contributed by atoms with Crippen LogP contribution in [0.15, 0.2) is 58.4 Å². The van der Waals surface area contributed by atoms with E-state index < -0.39 is 0 Å². The zero-order chi connectivity index (χ0) is 20.5. The SMILES string of the molecule is CN=C(NCCC(=O)Nc1cccc(C)n1)N1CCC(CSc2ccccc2)C1. The Hall–Kier alpha value is -2.54. The Morgan fingerprint density at radius 1 is 1.24 bits per heavy atom. The van der Waals surface area contributed by atoms with E-state index in [0.717, 1.165) is 30.5 Å². The molecular formula is C22H29N5OS. The number of anilines is 1. The first-order chi connectivity index (χ1) is 14.1. The fourth-order valence-corrected chi connectivity index (χ4v) is 4.38. The van der Waals surface area contributed by atoms with Crippen LogP contribution in [0.1, 0.15) is 18.5 Å². The second-order valence-electron chi connectivity index (χ2n) is 7.16. The molecule has 2 heterocycles. The number of likely N-dealkylation sites (tertiary alicyclic amines) is 1. The lowest BCUT2D eigenvalue weighted by atomic mass is 10.2. The summed E-state index contributed by atoms with van der Waals surface area (Å²) in [4.78, 5) is 24.4. The van der Waals surface area contributed by atoms with Gasteiger partial charge in [-0.2, -0.15) is 0 Å². The van der Waals surface area contributed by atoms with Gasteiger partial charge in [0.1, 0.15) is 5.82 Å². The number of thioether (sulfide) groups is 1. The van der Waals surface area contributed by atoms with Crippen LogP contribution in [0.25, 0.3) is 0 Å². The average Bonchev–Trinajstić information content (AvgIpc) is 3.19. The highest BCUT2D eigenvalue weighted by molar-refractivity contribution is 7.99. The van der Waals surface area contributed by atoms with E-state index in [1.807, 2.05) is 30.8 Å². The van der Waals surface area contributed by atoms with Crippen molar-refractivity contribution in [2.45, 2.75) is 24.7 Å². The number of benzene rings is 1. The van der Waals surface area contributed by atoms with Crippen LogP contribution in [0, 0.1) is 12.8 Å². The summed E-state index contributed by atoms with van der Waals surface area (Å²) in [6.07, 6.45) is 1.54. The van der Waals surface area contributed by atoms with Gasteiger partial charge in [0.05, 0.1) is 0 Å². The molecule has 1 aliphatic heterocycles. The lowest BCUT2D eigenvalue weighted by Crippen LogP contribution is -2.41. The molecule has 1 aliphatic rings. The summed E-state index contributed by atoms with van der Waals surface area (Å²) < 4.78 is 0. The molecule has 1 aromatic heterocycles. The fraction of sp³-hybridized carbons (Fsp3) is 0.409. The van der Waals surface area contributed by atoms with Crippen molar-refractivity contribution in [1.29, 1.82) is 0 Å². The van der Waals surface area contributed by atoms with Crippen LogP contribution in [0.4, 0.5) is 5.82 Å². The van der Waals surface area contributed by atoms with Crippen molar-refractivity contribution in [3.05, 3.63) is 54.2 Å². The van der Waals surface area contributed by atoms with Gasteiger partial charge in [0, 0.05) is 49.4 Å². The van der Waals surface area contributed by atoms with Gasteiger partial charge < -0.3 is 15.5 Å². The number of hydrogen-bond donors (Lipinski definition) is 2. The van der Waals surface area contributed by atoms with E-state index in [2.05, 4.69) is 55.8 Å². The number of nitrogens with one attached hydrogen (secondary N) is 2. The van der Waals surface area contributed by atoms with E-state index >= 15 is 0 Å². The Morgan fingerprint density at radius 3 is 2.83 bits per heavy atom. The fourth-order valence-electron chi connectivity index (χ4n) is 3.33. The molecule has 0 aliphatic carbocycles. The Bertz CT molecular complexity index is 827. The molecule has 29 heavy (non-hydrogen) atoms. The molecule has 1 atom stereocenters. The summed E-state index contributed by atoms with van der Waals surface area (Å²) in [6.45, 7) is 4.45. The van der Waals surface area contributed by atoms with Crippen LogP contribution in [-0.2, 0) is 4.79 Å². The third-order valence-corrected chi connectivity index (χ3v) is 6.06. The molecule has 0 saturated carbocycles. The number of carbonyl (C=O) groups excluding carboxylic acids is 1. The Labute approximate surface area is 177 Å². The molecule has 2 N–H and O–H groups in total. The summed E-state index contributed by atoms with van der Waals surface area (Å²) >= 11 is 1.92. The number of aromatic nitrogens is 1. The molecule has 6 nitrogen and oxygen atoms in total. The Kier molecular flexibility index (Phi) is 7.93. The molecule has 1 fully saturated rings. The highest BCUT2D eigenvalue weighted by Gasteiger charge is 2.24. The zero-order valence-corrected chi connectivity index (χ0v) is 17.9. The first kappa shape index (κ1) is 21.2. The number of aryl methyl sites for hydroxylation is 1. The molecule has 154 valence electrons. The number of carbonyl (C=O) groups is 1. The zero-order valence-electron chi connectivity index (χ0n) is 17.1. The minimum Gasteiger partial charge on any atom is -0.356 e. The van der Waals surface area contributed by atoms with Crippen LogP contribution in [0.3, 0.4) is 0 Å². The van der Waals surface area contributed by atoms with Crippen LogP contribution in [-0.4, -0.2) is 54.2 Å². The van der Waals surface area contributed by atoms with E-state index in [-0.39, 0.29) is 5.91 Å². The molecule has 0 spiro atoms. The van der Waals surface area contributed by atoms with Crippen molar-refractivity contribution >= 4 is 29.4 Å². The first-order valence-corrected chi connectivity index (χ1v) is 11.0. The number of aliphatic imine (C=N–C) groups is 1. The van der Waals surface area contributed by atoms with Gasteiger partial charge in [-0.3, -0.25) is 9.79 Å². The molecule has 1 amide bonds. The predicted molar refractivity (Wildman–Crippen MR) is 120 cm³/mol. The lowest BCUT2D eigenvalue weighted by Gasteiger charge is -2.21. The smallest absolute Gasteiger partial charge is 0.227 e. The van der Waals surface area contributed by atoms with Crippen molar-refractivity contribution in [2.75, 3.05) is 37.8 Å². The van der Waals surface area contributed by atoms with Crippen molar-refractivity contribution < 1.29 is 4.79 Å². The lowest BCUT2D eigenvalue weighted by molar-refractivity contribution is -0.116. The number of pyridine rings is 1. The highest BCUT2D eigenvalue weighted by Crippen LogP contribution is 2.25. The monoisotopic (exact) mass is 411 g/mol. The molecule has 2 aromatic rings. The standard InChI is InChI=1S/C22H29N5OS/c1-17-7-6-10-20(25-17)26-21(28)11-13-24-22(23-2)27-14-12-18(15-27)16-29-19-8-4-3-5-9-19/h3-10,18H,11-16H2,1-2H3,(H,23,24)(H,25,26,28). The summed E-state index contributed by atoms with van der Waals surface area (Å²) in [5.74, 6) is 3.18. The molecule has 0 bridgehead atoms. The minimum atomic E-state index is -0.0513. The molecule has 7 heteroatoms. The Balaban J connectivity index is 1.38. The third-order valence-electron chi connectivity index (χ3n) is 4.82. The second-order valence-corrected chi connectivity index (χ2v) is 8.25. The second kappa shape index (κ2) is 10.9. The molecule has 1 saturated heterocycles. The Morgan fingerprint density at radius 2 is 2.07 bits per heavy atom. The topological polar surface area (TPSA) is 69.6 Å². The largest absolute Gasteiger partial charge is 0.356 e. The summed E-state index contributed by atoms with van der Waals surface area (Å²) in [7, 11) is 1.80. The van der Waals surface area contributed by atoms with E-state index in [1.165, 1.54) is 11.3 Å². The first-order valence-electron chi connectivity index (χ1n) is 10.0. The third kappa shape index (κ3) is 6.78. The summed E-state index contributed by atoms with van der Waals surface area (Å²) in [5.41, 5.74) is 0.885. The van der Waals surface area contributed by atoms with Gasteiger partial charge in [-0.05, 0) is 43.5 Å². The average molecular weight is 412 g/mol. The number of rotatable bonds is 7. The van der Waals surface area contributed by atoms with Gasteiger partial charge in [0.15, 0.2) is 5.96 Å². The number of nitrogens with zero attached hydrogens (tertiary/aromatic N) is 3. The van der Waals surface area contributed by atoms with Gasteiger partial charge in [-0.1, -0.05) is 24.3 Å². The summed E-state index contributed by atoms with van der Waals surface area (Å²) in [6, 6.07) is 16.1. The number of amides is 1. The maximum atomic E-state index is 12.1. The molecule has 0 radical (unpaired) electrons. The molecule has 3 rings (SSSR count). The van der Waals surface area contributed by atoms with Gasteiger partial charge in [-0.15, -0.1) is 11.8 Å². The molecular weight excluding hydrogens is 382 g/mol. The normalized spacial score (nSPS) is 16.7. The number of hydrogen-bond acceptors (Lipinski definition) is 4. The quantitative estimate of drug-likeness (QED) is 0.415. The van der Waals surface area contributed by atoms with Crippen LogP contribution < -0.4 is 10.6 Å². The highest BCUT2D eigenvalue weighted by atomic mass is 32.2. The van der Waals surface area contributed by atoms with Gasteiger partial charge >= 0.3 is 0 Å². The van der Waals surface area contributed by atoms with Crippen molar-refractivity contribution in [1.82, 2.24) is 15.2 Å². The minimum absolute atomic E-state index is 0.0513. The van der Waals surface area contributed by atoms with Crippen molar-refractivity contribution in [2.24, 2.45) is 10.9 Å². The van der Waals surface area contributed by atoms with Crippen LogP contribution in [0.5, 0.6) is 0 Å². The number of guanidine groups is 1. The van der Waals surface area contributed by atoms with Crippen LogP contribution >= 0.6 is 11.8 Å². The van der Waals surface area contributed by atoms with Gasteiger partial charge in [0.25, 0.3) is 0 Å². The van der Waals surface area contributed by atoms with Crippen molar-refractivity contribution in [3.8, 4) is 0 Å². The van der Waals surface area contributed by atoms with E-state index in [4.69, 9.17) is 0 Å². The van der Waals surface area contributed by atoms with E-state index in [1.54, 1.807) is 13.1 Å². The maximum Gasteiger partial charge on any atom is 0.227 e. The molecule has 1 aromatic carbocycles. The van der Waals surface area contributed by atoms with E-state index in [0.29, 0.717) is 24.7 Å². The van der Waals surface area contributed by atoms with Crippen LogP contribution in [0.2, 0.25) is 0 Å². The summed E-state index contributed by atoms with van der Waals surface area (Å²) in [5, 5.41) is 6.16.